The molecule has 1 aliphatic rings. The zero-order valence-electron chi connectivity index (χ0n) is 12.3. The third kappa shape index (κ3) is 3.58. The predicted molar refractivity (Wildman–Crippen MR) is 74.2 cm³/mol. The molecule has 1 saturated carbocycles. The number of alkyl halides is 3. The Morgan fingerprint density at radius 1 is 1.50 bits per heavy atom. The average molecular weight is 316 g/mol. The molecule has 0 aliphatic heterocycles. The summed E-state index contributed by atoms with van der Waals surface area (Å²) in [5, 5.41) is 12.5. The van der Waals surface area contributed by atoms with Gasteiger partial charge in [0.05, 0.1) is 11.7 Å². The molecule has 1 amide bonds. The number of hydrogen-bond donors (Lipinski definition) is 2. The molecule has 0 aromatic carbocycles. The molecule has 7 heteroatoms. The van der Waals surface area contributed by atoms with Crippen molar-refractivity contribution >= 4 is 5.91 Å². The van der Waals surface area contributed by atoms with E-state index in [9.17, 15) is 23.1 Å². The van der Waals surface area contributed by atoms with E-state index in [-0.39, 0.29) is 6.54 Å². The first-order valence-electron chi connectivity index (χ1n) is 7.22. The Balaban J connectivity index is 2.10. The van der Waals surface area contributed by atoms with E-state index < -0.39 is 34.9 Å². The molecule has 1 aliphatic carbocycles. The van der Waals surface area contributed by atoms with Crippen molar-refractivity contribution in [3.63, 3.8) is 0 Å². The lowest BCUT2D eigenvalue weighted by Crippen LogP contribution is -2.45. The van der Waals surface area contributed by atoms with Crippen LogP contribution in [0.25, 0.3) is 0 Å². The summed E-state index contributed by atoms with van der Waals surface area (Å²) < 4.78 is 38.6. The fraction of sp³-hybridized carbons (Fsp3) is 0.600. The Bertz CT molecular complexity index is 548. The second-order valence-corrected chi connectivity index (χ2v) is 6.00. The highest BCUT2D eigenvalue weighted by molar-refractivity contribution is 5.93. The van der Waals surface area contributed by atoms with Crippen LogP contribution in [-0.2, 0) is 6.18 Å². The van der Waals surface area contributed by atoms with E-state index in [2.05, 4.69) is 10.3 Å². The normalized spacial score (nSPS) is 25.8. The number of carbonyl (C=O) groups is 1. The van der Waals surface area contributed by atoms with E-state index in [0.29, 0.717) is 6.42 Å². The highest BCUT2D eigenvalue weighted by Gasteiger charge is 2.38. The van der Waals surface area contributed by atoms with Crippen molar-refractivity contribution in [2.24, 2.45) is 5.41 Å². The Kier molecular flexibility index (Phi) is 4.75. The molecule has 0 saturated heterocycles. The summed E-state index contributed by atoms with van der Waals surface area (Å²) >= 11 is 0. The first kappa shape index (κ1) is 16.7. The third-order valence-corrected chi connectivity index (χ3v) is 4.26. The number of aliphatic hydroxyl groups excluding tert-OH is 1. The molecule has 0 spiro atoms. The molecular weight excluding hydrogens is 297 g/mol. The van der Waals surface area contributed by atoms with Crippen LogP contribution in [0.15, 0.2) is 18.3 Å². The van der Waals surface area contributed by atoms with Crippen LogP contribution >= 0.6 is 0 Å². The molecule has 2 rings (SSSR count). The van der Waals surface area contributed by atoms with E-state index in [0.717, 1.165) is 37.6 Å². The number of rotatable bonds is 3. The third-order valence-electron chi connectivity index (χ3n) is 4.26. The minimum Gasteiger partial charge on any atom is -0.392 e. The van der Waals surface area contributed by atoms with Crippen molar-refractivity contribution in [1.29, 1.82) is 0 Å². The van der Waals surface area contributed by atoms with Crippen molar-refractivity contribution < 1.29 is 23.1 Å². The SMILES string of the molecule is CC1(CNC(=O)c2ncccc2C(F)(F)F)CCCCC1O. The minimum atomic E-state index is -4.63. The van der Waals surface area contributed by atoms with Crippen LogP contribution < -0.4 is 5.32 Å². The molecule has 0 radical (unpaired) electrons. The van der Waals surface area contributed by atoms with Gasteiger partial charge in [-0.2, -0.15) is 13.2 Å². The Morgan fingerprint density at radius 3 is 2.86 bits per heavy atom. The molecule has 2 atom stereocenters. The van der Waals surface area contributed by atoms with Gasteiger partial charge in [-0.15, -0.1) is 0 Å². The topological polar surface area (TPSA) is 62.2 Å². The van der Waals surface area contributed by atoms with Crippen LogP contribution in [0, 0.1) is 5.41 Å². The van der Waals surface area contributed by atoms with Gasteiger partial charge in [0.1, 0.15) is 5.69 Å². The van der Waals surface area contributed by atoms with Crippen molar-refractivity contribution in [2.75, 3.05) is 6.54 Å². The van der Waals surface area contributed by atoms with Gasteiger partial charge < -0.3 is 10.4 Å². The molecule has 4 nitrogen and oxygen atoms in total. The number of halogens is 3. The number of nitrogens with one attached hydrogen (secondary N) is 1. The molecule has 1 aromatic heterocycles. The van der Waals surface area contributed by atoms with Crippen LogP contribution in [-0.4, -0.2) is 28.6 Å². The van der Waals surface area contributed by atoms with E-state index in [1.807, 2.05) is 6.92 Å². The standard InChI is InChI=1S/C15H19F3N2O2/c1-14(7-3-2-6-11(14)21)9-20-13(22)12-10(15(16,17)18)5-4-8-19-12/h4-5,8,11,21H,2-3,6-7,9H2,1H3,(H,20,22). The fourth-order valence-electron chi connectivity index (χ4n) is 2.77. The molecule has 1 heterocycles. The van der Waals surface area contributed by atoms with Crippen molar-refractivity contribution in [3.05, 3.63) is 29.6 Å². The summed E-state index contributed by atoms with van der Waals surface area (Å²) in [5.74, 6) is -0.869. The van der Waals surface area contributed by atoms with Gasteiger partial charge in [0.15, 0.2) is 0 Å². The van der Waals surface area contributed by atoms with Crippen LogP contribution in [0.1, 0.15) is 48.7 Å². The van der Waals surface area contributed by atoms with Crippen molar-refractivity contribution in [1.82, 2.24) is 10.3 Å². The van der Waals surface area contributed by atoms with Gasteiger partial charge in [-0.1, -0.05) is 19.8 Å². The van der Waals surface area contributed by atoms with Gasteiger partial charge in [0.2, 0.25) is 0 Å². The highest BCUT2D eigenvalue weighted by atomic mass is 19.4. The second-order valence-electron chi connectivity index (χ2n) is 6.00. The number of carbonyl (C=O) groups excluding carboxylic acids is 1. The van der Waals surface area contributed by atoms with Crippen molar-refractivity contribution in [3.8, 4) is 0 Å². The average Bonchev–Trinajstić information content (AvgIpc) is 2.47. The Hall–Kier alpha value is -1.63. The van der Waals surface area contributed by atoms with E-state index in [4.69, 9.17) is 0 Å². The number of pyridine rings is 1. The maximum Gasteiger partial charge on any atom is 0.418 e. The zero-order chi connectivity index (χ0) is 16.4. The molecule has 2 N–H and O–H groups in total. The largest absolute Gasteiger partial charge is 0.418 e. The molecule has 1 fully saturated rings. The Labute approximate surface area is 126 Å². The summed E-state index contributed by atoms with van der Waals surface area (Å²) in [6.45, 7) is 1.96. The summed E-state index contributed by atoms with van der Waals surface area (Å²) in [6, 6.07) is 1.98. The molecule has 2 unspecified atom stereocenters. The number of aliphatic hydroxyl groups is 1. The summed E-state index contributed by atoms with van der Waals surface area (Å²) in [4.78, 5) is 15.6. The zero-order valence-corrected chi connectivity index (χ0v) is 12.3. The first-order valence-corrected chi connectivity index (χ1v) is 7.22. The first-order chi connectivity index (χ1) is 10.2. The maximum atomic E-state index is 12.9. The smallest absolute Gasteiger partial charge is 0.392 e. The molecule has 122 valence electrons. The van der Waals surface area contributed by atoms with Gasteiger partial charge in [0, 0.05) is 18.2 Å². The predicted octanol–water partition coefficient (Wildman–Crippen LogP) is 2.77. The van der Waals surface area contributed by atoms with Gasteiger partial charge in [0.25, 0.3) is 5.91 Å². The van der Waals surface area contributed by atoms with E-state index in [1.165, 1.54) is 0 Å². The number of nitrogens with zero attached hydrogens (tertiary/aromatic N) is 1. The van der Waals surface area contributed by atoms with Gasteiger partial charge in [-0.25, -0.2) is 0 Å². The van der Waals surface area contributed by atoms with Gasteiger partial charge in [-0.3, -0.25) is 9.78 Å². The second kappa shape index (κ2) is 6.24. The summed E-state index contributed by atoms with van der Waals surface area (Å²) in [5.41, 5.74) is -2.20. The van der Waals surface area contributed by atoms with Gasteiger partial charge >= 0.3 is 6.18 Å². The molecule has 1 aromatic rings. The van der Waals surface area contributed by atoms with E-state index >= 15 is 0 Å². The Morgan fingerprint density at radius 2 is 2.23 bits per heavy atom. The van der Waals surface area contributed by atoms with Crippen LogP contribution in [0.4, 0.5) is 13.2 Å². The minimum absolute atomic E-state index is 0.126. The fourth-order valence-corrected chi connectivity index (χ4v) is 2.77. The molecular formula is C15H19F3N2O2. The molecule has 22 heavy (non-hydrogen) atoms. The number of amides is 1. The molecule has 0 bridgehead atoms. The quantitative estimate of drug-likeness (QED) is 0.901. The van der Waals surface area contributed by atoms with Crippen LogP contribution in [0.5, 0.6) is 0 Å². The number of hydrogen-bond acceptors (Lipinski definition) is 3. The summed E-state index contributed by atoms with van der Waals surface area (Å²) in [7, 11) is 0. The van der Waals surface area contributed by atoms with Crippen LogP contribution in [0.2, 0.25) is 0 Å². The maximum absolute atomic E-state index is 12.9. The number of aromatic nitrogens is 1. The van der Waals surface area contributed by atoms with Crippen molar-refractivity contribution in [2.45, 2.75) is 44.9 Å². The van der Waals surface area contributed by atoms with Gasteiger partial charge in [-0.05, 0) is 25.0 Å². The lowest BCUT2D eigenvalue weighted by molar-refractivity contribution is -0.138. The van der Waals surface area contributed by atoms with E-state index in [1.54, 1.807) is 0 Å². The lowest BCUT2D eigenvalue weighted by atomic mass is 9.73. The summed E-state index contributed by atoms with van der Waals surface area (Å²) in [6.07, 6.45) is -0.820. The lowest BCUT2D eigenvalue weighted by Gasteiger charge is -2.38. The highest BCUT2D eigenvalue weighted by Crippen LogP contribution is 2.36. The van der Waals surface area contributed by atoms with Crippen LogP contribution in [0.3, 0.4) is 0 Å². The monoisotopic (exact) mass is 316 g/mol.